The summed E-state index contributed by atoms with van der Waals surface area (Å²) < 4.78 is 19.9. The van der Waals surface area contributed by atoms with E-state index < -0.39 is 5.91 Å². The molecule has 2 aromatic carbocycles. The van der Waals surface area contributed by atoms with Crippen LogP contribution in [0.3, 0.4) is 0 Å². The highest BCUT2D eigenvalue weighted by molar-refractivity contribution is 5.98. The lowest BCUT2D eigenvalue weighted by Gasteiger charge is -2.24. The number of rotatable bonds is 5. The van der Waals surface area contributed by atoms with Gasteiger partial charge in [0.25, 0.3) is 5.91 Å². The van der Waals surface area contributed by atoms with E-state index in [1.165, 1.54) is 24.3 Å². The largest absolute Gasteiger partial charge is 0.484 e. The third-order valence-corrected chi connectivity index (χ3v) is 4.72. The molecule has 1 unspecified atom stereocenters. The van der Waals surface area contributed by atoms with Crippen molar-refractivity contribution in [3.8, 4) is 5.75 Å². The lowest BCUT2D eigenvalue weighted by atomic mass is 9.86. The molecule has 0 spiro atoms. The second kappa shape index (κ2) is 7.75. The van der Waals surface area contributed by atoms with Gasteiger partial charge in [0.15, 0.2) is 12.4 Å². The number of aryl methyl sites for hydroxylation is 1. The Morgan fingerprint density at radius 2 is 1.97 bits per heavy atom. The smallest absolute Gasteiger partial charge is 0.263 e. The number of hydrogen-bond acceptors (Lipinski definition) is 4. The number of nitrogens with one attached hydrogen (secondary N) is 2. The minimum atomic E-state index is -0.404. The average Bonchev–Trinajstić information content (AvgIpc) is 3.02. The number of aromatic nitrogens is 2. The molecule has 0 saturated heterocycles. The van der Waals surface area contributed by atoms with Crippen molar-refractivity contribution in [1.82, 2.24) is 9.78 Å². The summed E-state index contributed by atoms with van der Waals surface area (Å²) in [7, 11) is 1.71. The summed E-state index contributed by atoms with van der Waals surface area (Å²) in [5.41, 5.74) is 1.73. The van der Waals surface area contributed by atoms with Gasteiger partial charge in [-0.05, 0) is 29.8 Å². The number of fused-ring (bicyclic) bond motifs is 1. The van der Waals surface area contributed by atoms with Gasteiger partial charge >= 0.3 is 0 Å². The zero-order chi connectivity index (χ0) is 20.4. The highest BCUT2D eigenvalue weighted by Crippen LogP contribution is 2.41. The average molecular weight is 394 g/mol. The lowest BCUT2D eigenvalue weighted by molar-refractivity contribution is -0.118. The Morgan fingerprint density at radius 1 is 1.24 bits per heavy atom. The molecule has 1 aliphatic heterocycles. The van der Waals surface area contributed by atoms with Gasteiger partial charge in [-0.2, -0.15) is 5.10 Å². The fraction of sp³-hybridized carbons (Fsp3) is 0.190. The minimum Gasteiger partial charge on any atom is -0.484 e. The van der Waals surface area contributed by atoms with Crippen LogP contribution >= 0.6 is 0 Å². The topological polar surface area (TPSA) is 85.2 Å². The number of amides is 2. The number of benzene rings is 2. The third kappa shape index (κ3) is 3.96. The summed E-state index contributed by atoms with van der Waals surface area (Å²) in [5.74, 6) is 0.219. The first-order valence-corrected chi connectivity index (χ1v) is 9.11. The quantitative estimate of drug-likeness (QED) is 0.697. The summed E-state index contributed by atoms with van der Waals surface area (Å²) in [5, 5.41) is 9.97. The first kappa shape index (κ1) is 18.7. The molecule has 3 aromatic rings. The Morgan fingerprint density at radius 3 is 2.69 bits per heavy atom. The Kier molecular flexibility index (Phi) is 4.99. The van der Waals surface area contributed by atoms with Crippen LogP contribution in [0.25, 0.3) is 0 Å². The van der Waals surface area contributed by atoms with Crippen molar-refractivity contribution >= 4 is 23.5 Å². The van der Waals surface area contributed by atoms with Crippen LogP contribution in [0.4, 0.5) is 16.0 Å². The van der Waals surface area contributed by atoms with Crippen LogP contribution in [0.5, 0.6) is 5.75 Å². The van der Waals surface area contributed by atoms with E-state index in [0.717, 1.165) is 11.1 Å². The molecule has 7 nitrogen and oxygen atoms in total. The van der Waals surface area contributed by atoms with Crippen molar-refractivity contribution in [2.75, 3.05) is 17.2 Å². The van der Waals surface area contributed by atoms with Crippen LogP contribution in [0, 0.1) is 5.82 Å². The van der Waals surface area contributed by atoms with Crippen molar-refractivity contribution in [1.29, 1.82) is 0 Å². The van der Waals surface area contributed by atoms with Crippen molar-refractivity contribution in [2.45, 2.75) is 12.3 Å². The number of carbonyl (C=O) groups is 2. The third-order valence-electron chi connectivity index (χ3n) is 4.72. The normalized spacial score (nSPS) is 15.4. The van der Waals surface area contributed by atoms with Gasteiger partial charge in [-0.3, -0.25) is 14.3 Å². The van der Waals surface area contributed by atoms with Crippen LogP contribution in [-0.2, 0) is 16.6 Å². The number of anilines is 2. The van der Waals surface area contributed by atoms with Crippen LogP contribution < -0.4 is 15.4 Å². The Hall–Kier alpha value is -3.68. The second-order valence-corrected chi connectivity index (χ2v) is 6.74. The number of nitrogens with zero attached hydrogens (tertiary/aromatic N) is 2. The molecule has 0 saturated carbocycles. The molecule has 148 valence electrons. The fourth-order valence-electron chi connectivity index (χ4n) is 3.40. The van der Waals surface area contributed by atoms with Crippen LogP contribution in [0.15, 0.2) is 54.6 Å². The molecule has 0 radical (unpaired) electrons. The molecule has 0 aliphatic carbocycles. The number of ether oxygens (including phenoxy) is 1. The van der Waals surface area contributed by atoms with Gasteiger partial charge in [0.1, 0.15) is 17.4 Å². The molecule has 2 amide bonds. The van der Waals surface area contributed by atoms with Crippen molar-refractivity contribution in [2.24, 2.45) is 7.05 Å². The maximum absolute atomic E-state index is 13.0. The van der Waals surface area contributed by atoms with E-state index in [4.69, 9.17) is 4.74 Å². The van der Waals surface area contributed by atoms with Gasteiger partial charge in [-0.15, -0.1) is 0 Å². The van der Waals surface area contributed by atoms with Gasteiger partial charge in [-0.25, -0.2) is 4.39 Å². The molecule has 29 heavy (non-hydrogen) atoms. The summed E-state index contributed by atoms with van der Waals surface area (Å²) in [6, 6.07) is 15.0. The fourth-order valence-corrected chi connectivity index (χ4v) is 3.40. The molecule has 1 aliphatic rings. The van der Waals surface area contributed by atoms with E-state index in [-0.39, 0.29) is 30.7 Å². The van der Waals surface area contributed by atoms with Crippen molar-refractivity contribution < 1.29 is 18.7 Å². The molecular formula is C21H19FN4O3. The molecule has 1 atom stereocenters. The highest BCUT2D eigenvalue weighted by Gasteiger charge is 2.33. The van der Waals surface area contributed by atoms with Gasteiger partial charge in [0.2, 0.25) is 5.91 Å². The zero-order valence-corrected chi connectivity index (χ0v) is 15.7. The Bertz CT molecular complexity index is 1050. The SMILES string of the molecule is Cn1nc(NC(=O)COc2ccc(F)cc2)c2c1NC(=O)CC2c1ccccc1. The minimum absolute atomic E-state index is 0.105. The molecule has 8 heteroatoms. The lowest BCUT2D eigenvalue weighted by Crippen LogP contribution is -2.26. The molecule has 2 N–H and O–H groups in total. The number of halogens is 1. The van der Waals surface area contributed by atoms with Gasteiger partial charge in [-0.1, -0.05) is 30.3 Å². The number of hydrogen-bond donors (Lipinski definition) is 2. The van der Waals surface area contributed by atoms with Crippen molar-refractivity contribution in [3.63, 3.8) is 0 Å². The van der Waals surface area contributed by atoms with E-state index in [1.807, 2.05) is 30.3 Å². The predicted octanol–water partition coefficient (Wildman–Crippen LogP) is 3.05. The number of carbonyl (C=O) groups excluding carboxylic acids is 2. The standard InChI is InChI=1S/C21H19FN4O3/c1-26-21-19(16(11-17(27)24-21)13-5-3-2-4-6-13)20(25-26)23-18(28)12-29-15-9-7-14(22)8-10-15/h2-10,16H,11-12H2,1H3,(H,24,27)(H,23,25,28). The van der Waals surface area contributed by atoms with E-state index in [1.54, 1.807) is 11.7 Å². The molecule has 0 fully saturated rings. The maximum Gasteiger partial charge on any atom is 0.263 e. The van der Waals surface area contributed by atoms with Crippen LogP contribution in [0.2, 0.25) is 0 Å². The van der Waals surface area contributed by atoms with Crippen molar-refractivity contribution in [3.05, 3.63) is 71.5 Å². The zero-order valence-electron chi connectivity index (χ0n) is 15.7. The Balaban J connectivity index is 1.55. The van der Waals surface area contributed by atoms with Crippen LogP contribution in [-0.4, -0.2) is 28.2 Å². The molecule has 0 bridgehead atoms. The Labute approximate surface area is 166 Å². The highest BCUT2D eigenvalue weighted by atomic mass is 19.1. The predicted molar refractivity (Wildman–Crippen MR) is 105 cm³/mol. The summed E-state index contributed by atoms with van der Waals surface area (Å²) in [6.45, 7) is -0.251. The van der Waals surface area contributed by atoms with Gasteiger partial charge < -0.3 is 15.4 Å². The summed E-state index contributed by atoms with van der Waals surface area (Å²) in [6.07, 6.45) is 0.262. The van der Waals surface area contributed by atoms with Gasteiger partial charge in [0, 0.05) is 24.9 Å². The monoisotopic (exact) mass is 394 g/mol. The first-order chi connectivity index (χ1) is 14.0. The maximum atomic E-state index is 13.0. The molecule has 4 rings (SSSR count). The molecule has 2 heterocycles. The van der Waals surface area contributed by atoms with E-state index in [2.05, 4.69) is 15.7 Å². The van der Waals surface area contributed by atoms with Crippen LogP contribution in [0.1, 0.15) is 23.5 Å². The second-order valence-electron chi connectivity index (χ2n) is 6.74. The summed E-state index contributed by atoms with van der Waals surface area (Å²) in [4.78, 5) is 24.6. The van der Waals surface area contributed by atoms with E-state index in [0.29, 0.717) is 17.4 Å². The van der Waals surface area contributed by atoms with Gasteiger partial charge in [0.05, 0.1) is 0 Å². The molecule has 1 aromatic heterocycles. The first-order valence-electron chi connectivity index (χ1n) is 9.11. The summed E-state index contributed by atoms with van der Waals surface area (Å²) >= 11 is 0. The van der Waals surface area contributed by atoms with E-state index in [9.17, 15) is 14.0 Å². The van der Waals surface area contributed by atoms with E-state index >= 15 is 0 Å². The molecular weight excluding hydrogens is 375 g/mol.